The number of carboxylic acid groups (broad SMARTS) is 1. The first-order valence-electron chi connectivity index (χ1n) is 30.8. The molecule has 27 nitrogen and oxygen atoms in total. The van der Waals surface area contributed by atoms with Gasteiger partial charge in [-0.1, -0.05) is 80.9 Å². The van der Waals surface area contributed by atoms with Gasteiger partial charge in [0.2, 0.25) is 53.2 Å². The van der Waals surface area contributed by atoms with E-state index >= 15 is 0 Å². The van der Waals surface area contributed by atoms with E-state index < -0.39 is 89.4 Å². The van der Waals surface area contributed by atoms with Crippen molar-refractivity contribution in [1.29, 1.82) is 0 Å². The highest BCUT2D eigenvalue weighted by Crippen LogP contribution is 2.24. The van der Waals surface area contributed by atoms with Crippen molar-refractivity contribution in [2.24, 2.45) is 17.2 Å². The summed E-state index contributed by atoms with van der Waals surface area (Å²) in [6, 6.07) is 19.3. The van der Waals surface area contributed by atoms with Gasteiger partial charge in [0.1, 0.15) is 48.6 Å². The molecule has 28 heteroatoms. The zero-order valence-corrected chi connectivity index (χ0v) is 54.9. The van der Waals surface area contributed by atoms with Crippen LogP contribution in [0, 0.1) is 0 Å². The maximum absolute atomic E-state index is 14.3. The molecule has 1 fully saturated rings. The predicted octanol–water partition coefficient (Wildman–Crippen LogP) is 1.14. The molecule has 3 aromatic carbocycles. The fourth-order valence-corrected chi connectivity index (χ4v) is 8.97. The lowest BCUT2D eigenvalue weighted by Crippen LogP contribution is -2.66. The number of amides is 9. The molecule has 4 atom stereocenters. The van der Waals surface area contributed by atoms with E-state index in [2.05, 4.69) is 71.9 Å². The van der Waals surface area contributed by atoms with Crippen molar-refractivity contribution in [1.82, 2.24) is 41.8 Å². The molecule has 0 bridgehead atoms. The number of likely N-dealkylation sites (N-methyl/N-ethyl adjacent to an activating group) is 2. The molecule has 9 amide bonds. The second-order valence-corrected chi connectivity index (χ2v) is 22.9. The third kappa shape index (κ3) is 32.9. The highest BCUT2D eigenvalue weighted by molar-refractivity contribution is 5.98. The minimum atomic E-state index is -1.57. The predicted molar refractivity (Wildman–Crippen MR) is 347 cm³/mol. The summed E-state index contributed by atoms with van der Waals surface area (Å²) in [6.07, 6.45) is 3.91. The van der Waals surface area contributed by atoms with Gasteiger partial charge in [0.05, 0.1) is 61.3 Å². The number of carbonyl (C=O) groups excluding carboxylic acids is 9. The van der Waals surface area contributed by atoms with Crippen LogP contribution in [0.25, 0.3) is 10.8 Å². The highest BCUT2D eigenvalue weighted by Gasteiger charge is 2.44. The van der Waals surface area contributed by atoms with Crippen molar-refractivity contribution in [2.75, 3.05) is 108 Å². The number of rotatable bonds is 36. The van der Waals surface area contributed by atoms with Crippen LogP contribution < -0.4 is 53.8 Å². The Morgan fingerprint density at radius 2 is 1.31 bits per heavy atom. The van der Waals surface area contributed by atoms with Crippen LogP contribution in [0.1, 0.15) is 82.4 Å². The molecule has 1 aliphatic rings. The van der Waals surface area contributed by atoms with Crippen molar-refractivity contribution in [3.05, 3.63) is 108 Å². The normalized spacial score (nSPS) is 13.5. The number of nitrogens with two attached hydrogens (primary N) is 3. The van der Waals surface area contributed by atoms with Gasteiger partial charge in [-0.15, -0.1) is 0 Å². The lowest BCUT2D eigenvalue weighted by molar-refractivity contribution is -0.870. The SMILES string of the molecule is CC(=O)NC(Cc1ccc(OCCN)cc1)C(=O)NC(Cc1ccc2ccccc2c1)C(=O)NC1(C(=O)NC(CCC(=O)O)C(N)=O)CCOCC1.CCC.CF.CN(CC(=O)NCCOCCOCC[N+](C)(C)C)C(=O)C(Cc1cccnc1)NC(=O)CCC(N)=O. The smallest absolute Gasteiger partial charge is 0.303 e. The summed E-state index contributed by atoms with van der Waals surface area (Å²) >= 11 is 0. The number of hydrogen-bond acceptors (Lipinski definition) is 16. The van der Waals surface area contributed by atoms with Crippen LogP contribution in [0.3, 0.4) is 0 Å². The topological polar surface area (TPSA) is 394 Å². The second-order valence-electron chi connectivity index (χ2n) is 22.9. The van der Waals surface area contributed by atoms with Crippen LogP contribution in [0.4, 0.5) is 4.39 Å². The average Bonchev–Trinajstić information content (AvgIpc) is 0.856. The number of primary amides is 2. The molecule has 4 aromatic rings. The summed E-state index contributed by atoms with van der Waals surface area (Å²) in [5, 5.41) is 27.2. The Bertz CT molecular complexity index is 2970. The van der Waals surface area contributed by atoms with E-state index in [9.17, 15) is 52.3 Å². The summed E-state index contributed by atoms with van der Waals surface area (Å²) in [7, 11) is 8.27. The van der Waals surface area contributed by atoms with Crippen LogP contribution in [0.5, 0.6) is 5.75 Å². The first-order valence-corrected chi connectivity index (χ1v) is 30.8. The molecule has 0 radical (unpaired) electrons. The van der Waals surface area contributed by atoms with Gasteiger partial charge < -0.3 is 82.5 Å². The third-order valence-electron chi connectivity index (χ3n) is 13.8. The number of quaternary nitrogens is 1. The molecule has 13 N–H and O–H groups in total. The second kappa shape index (κ2) is 44.0. The maximum Gasteiger partial charge on any atom is 0.303 e. The molecular weight excluding hydrogens is 1210 g/mol. The number of aliphatic carboxylic acids is 1. The van der Waals surface area contributed by atoms with Gasteiger partial charge in [0, 0.05) is 104 Å². The lowest BCUT2D eigenvalue weighted by atomic mass is 9.87. The molecule has 514 valence electrons. The van der Waals surface area contributed by atoms with E-state index in [0.717, 1.165) is 32.9 Å². The van der Waals surface area contributed by atoms with Crippen molar-refractivity contribution in [3.63, 3.8) is 0 Å². The number of aromatic nitrogens is 1. The zero-order valence-electron chi connectivity index (χ0n) is 54.9. The Labute approximate surface area is 544 Å². The number of alkyl halides is 1. The lowest BCUT2D eigenvalue weighted by Gasteiger charge is -2.38. The molecular formula is C65H98FN12O15+. The Balaban J connectivity index is 0.000000629. The van der Waals surface area contributed by atoms with E-state index in [-0.39, 0.29) is 77.0 Å². The van der Waals surface area contributed by atoms with Crippen molar-refractivity contribution in [3.8, 4) is 5.75 Å². The van der Waals surface area contributed by atoms with E-state index in [4.69, 9.17) is 41.3 Å². The number of hydrogen-bond donors (Lipinski definition) is 10. The van der Waals surface area contributed by atoms with E-state index in [0.29, 0.717) is 64.6 Å². The minimum absolute atomic E-state index is 0.0269. The summed E-state index contributed by atoms with van der Waals surface area (Å²) < 4.78 is 32.3. The van der Waals surface area contributed by atoms with Crippen LogP contribution in [0.2, 0.25) is 0 Å². The number of carboxylic acids is 1. The number of pyridine rings is 1. The number of nitrogens with zero attached hydrogens (tertiary/aromatic N) is 3. The quantitative estimate of drug-likeness (QED) is 0.0225. The van der Waals surface area contributed by atoms with Crippen LogP contribution in [0.15, 0.2) is 91.3 Å². The standard InChI is InChI=1S/C37H46N6O9.C24H40N6O6.C3H8.CH3F/c1-23(44)40-30(21-24-7-10-28(11-8-24)52-19-16-38)34(48)41-31(22-25-6-9-26-4-2-3-5-27(26)20-25)35(49)43-37(14-17-51-18-15-37)36(50)42-29(33(39)47)12-13-32(45)46;1-29(18-23(33)27-10-12-35-14-15-36-13-11-30(2,3)4)24(34)20(16-19-6-5-9-26-17-19)28-22(32)8-7-21(25)31;1-3-2;1-2/h2-11,20,29-31H,12-19,21-22,38H2,1H3,(H2,39,47)(H,40,44)(H,41,48)(H,42,50)(H,43,49)(H,45,46);5-6,9,17,20H,7-8,10-16,18H2,1-4H3,(H3-,25,27,28,31,32,33);3H2,1-2H3;1H3/p+1. The maximum atomic E-state index is 14.3. The van der Waals surface area contributed by atoms with Crippen molar-refractivity contribution in [2.45, 2.75) is 115 Å². The minimum Gasteiger partial charge on any atom is -0.492 e. The number of fused-ring (bicyclic) bond motifs is 1. The van der Waals surface area contributed by atoms with Crippen LogP contribution in [-0.4, -0.2) is 216 Å². The zero-order chi connectivity index (χ0) is 69.4. The molecule has 0 spiro atoms. The molecule has 1 aromatic heterocycles. The van der Waals surface area contributed by atoms with E-state index in [1.54, 1.807) is 48.8 Å². The van der Waals surface area contributed by atoms with Gasteiger partial charge in [-0.25, -0.2) is 0 Å². The van der Waals surface area contributed by atoms with Gasteiger partial charge >= 0.3 is 5.97 Å². The highest BCUT2D eigenvalue weighted by atomic mass is 19.1. The molecule has 93 heavy (non-hydrogen) atoms. The summed E-state index contributed by atoms with van der Waals surface area (Å²) in [5.74, 6) is -5.89. The summed E-state index contributed by atoms with van der Waals surface area (Å²) in [4.78, 5) is 131. The number of halogens is 1. The largest absolute Gasteiger partial charge is 0.492 e. The first kappa shape index (κ1) is 80.4. The van der Waals surface area contributed by atoms with E-state index in [1.165, 1.54) is 25.3 Å². The number of carbonyl (C=O) groups is 10. The van der Waals surface area contributed by atoms with Gasteiger partial charge in [0.25, 0.3) is 0 Å². The van der Waals surface area contributed by atoms with Gasteiger partial charge in [0.15, 0.2) is 0 Å². The van der Waals surface area contributed by atoms with Gasteiger partial charge in [-0.3, -0.25) is 57.3 Å². The molecule has 2 heterocycles. The summed E-state index contributed by atoms with van der Waals surface area (Å²) in [6.45, 7) is 9.32. The molecule has 1 aliphatic heterocycles. The third-order valence-corrected chi connectivity index (χ3v) is 13.8. The molecule has 0 saturated carbocycles. The Kier molecular flexibility index (Phi) is 38.0. The monoisotopic (exact) mass is 1310 g/mol. The number of benzene rings is 3. The van der Waals surface area contributed by atoms with Crippen molar-refractivity contribution < 1.29 is 80.9 Å². The Hall–Kier alpha value is -8.70. The average molecular weight is 1310 g/mol. The molecule has 5 rings (SSSR count). The number of ether oxygens (including phenoxy) is 4. The summed E-state index contributed by atoms with van der Waals surface area (Å²) in [5.41, 5.74) is 16.7. The first-order chi connectivity index (χ1) is 44.3. The fourth-order valence-electron chi connectivity index (χ4n) is 8.97. The Morgan fingerprint density at radius 1 is 0.699 bits per heavy atom. The van der Waals surface area contributed by atoms with Gasteiger partial charge in [-0.2, -0.15) is 0 Å². The Morgan fingerprint density at radius 3 is 1.90 bits per heavy atom. The molecule has 1 saturated heterocycles. The van der Waals surface area contributed by atoms with Crippen LogP contribution in [-0.2, 0) is 81.4 Å². The van der Waals surface area contributed by atoms with Crippen LogP contribution >= 0.6 is 0 Å². The fraction of sp³-hybridized carbons (Fsp3) is 0.523. The van der Waals surface area contributed by atoms with E-state index in [1.807, 2.05) is 42.5 Å². The molecule has 0 aliphatic carbocycles. The van der Waals surface area contributed by atoms with Gasteiger partial charge in [-0.05, 0) is 52.1 Å². The van der Waals surface area contributed by atoms with Crippen molar-refractivity contribution >= 4 is 69.9 Å². The number of nitrogens with one attached hydrogen (secondary N) is 6. The molecule has 4 unspecified atom stereocenters.